The maximum Gasteiger partial charge on any atom is 0.255 e. The van der Waals surface area contributed by atoms with Gasteiger partial charge in [0.15, 0.2) is 0 Å². The van der Waals surface area contributed by atoms with Crippen LogP contribution in [-0.4, -0.2) is 58.3 Å². The van der Waals surface area contributed by atoms with Crippen LogP contribution in [0.2, 0.25) is 0 Å². The Bertz CT molecular complexity index is 3680. The lowest BCUT2D eigenvalue weighted by Crippen LogP contribution is -2.27. The average Bonchev–Trinajstić information content (AvgIpc) is 4.39. The van der Waals surface area contributed by atoms with Crippen molar-refractivity contribution in [3.05, 3.63) is 246 Å². The van der Waals surface area contributed by atoms with E-state index in [-0.39, 0.29) is 87.5 Å². The van der Waals surface area contributed by atoms with E-state index >= 15 is 0 Å². The summed E-state index contributed by atoms with van der Waals surface area (Å²) in [6.45, 7) is 8.26. The van der Waals surface area contributed by atoms with Gasteiger partial charge in [-0.25, -0.2) is 4.39 Å². The molecule has 4 aliphatic rings. The summed E-state index contributed by atoms with van der Waals surface area (Å²) >= 11 is 0. The zero-order valence-electron chi connectivity index (χ0n) is 48.5. The lowest BCUT2D eigenvalue weighted by Gasteiger charge is -2.15. The zero-order chi connectivity index (χ0) is 60.5. The number of aryl methyl sites for hydroxylation is 8. The van der Waals surface area contributed by atoms with E-state index in [1.54, 1.807) is 42.5 Å². The number of phenolic OH excluding ortho intramolecular Hbond substituents is 4. The number of amides is 4. The first-order valence-corrected chi connectivity index (χ1v) is 28.5. The van der Waals surface area contributed by atoms with E-state index in [1.807, 2.05) is 19.1 Å². The van der Waals surface area contributed by atoms with Crippen molar-refractivity contribution in [2.24, 2.45) is 0 Å². The number of hydrogen-bond donors (Lipinski definition) is 8. The van der Waals surface area contributed by atoms with Crippen molar-refractivity contribution >= 4 is 23.6 Å². The average molecular weight is 1150 g/mol. The van der Waals surface area contributed by atoms with Crippen molar-refractivity contribution in [3.63, 3.8) is 0 Å². The summed E-state index contributed by atoms with van der Waals surface area (Å²) in [5.41, 5.74) is 15.7. The van der Waals surface area contributed by atoms with Gasteiger partial charge in [-0.15, -0.1) is 0 Å². The van der Waals surface area contributed by atoms with Gasteiger partial charge in [-0.05, 0) is 172 Å². The molecule has 8 aromatic carbocycles. The van der Waals surface area contributed by atoms with Gasteiger partial charge in [-0.1, -0.05) is 107 Å². The molecule has 0 saturated carbocycles. The van der Waals surface area contributed by atoms with Crippen LogP contribution in [0.5, 0.6) is 34.5 Å². The molecule has 0 saturated heterocycles. The minimum Gasteiger partial charge on any atom is -0.507 e. The lowest BCUT2D eigenvalue weighted by atomic mass is 10.0. The molecule has 0 spiro atoms. The van der Waals surface area contributed by atoms with Crippen molar-refractivity contribution in [3.8, 4) is 34.5 Å². The maximum absolute atomic E-state index is 13.0. The smallest absolute Gasteiger partial charge is 0.255 e. The van der Waals surface area contributed by atoms with Crippen molar-refractivity contribution in [2.75, 3.05) is 14.2 Å². The number of benzene rings is 8. The largest absolute Gasteiger partial charge is 0.507 e. The molecule has 0 fully saturated rings. The number of fused-ring (bicyclic) bond motifs is 4. The molecule has 0 unspecified atom stereocenters. The maximum atomic E-state index is 13.0. The second kappa shape index (κ2) is 26.7. The molecular formula is C70H71FN4O10. The number of aromatic hydroxyl groups is 4. The highest BCUT2D eigenvalue weighted by Gasteiger charge is 2.29. The Kier molecular flexibility index (Phi) is 18.9. The quantitative estimate of drug-likeness (QED) is 0.0648. The van der Waals surface area contributed by atoms with E-state index in [2.05, 4.69) is 103 Å². The molecule has 0 radical (unpaired) electrons. The highest BCUT2D eigenvalue weighted by Crippen LogP contribution is 2.37. The van der Waals surface area contributed by atoms with Gasteiger partial charge < -0.3 is 51.2 Å². The molecule has 12 rings (SSSR count). The molecular weight excluding hydrogens is 1080 g/mol. The zero-order valence-corrected chi connectivity index (χ0v) is 48.5. The van der Waals surface area contributed by atoms with E-state index in [0.717, 1.165) is 63.0 Å². The van der Waals surface area contributed by atoms with Gasteiger partial charge >= 0.3 is 0 Å². The van der Waals surface area contributed by atoms with Crippen LogP contribution in [-0.2, 0) is 25.7 Å². The Balaban J connectivity index is 0.000000136. The fourth-order valence-electron chi connectivity index (χ4n) is 11.6. The van der Waals surface area contributed by atoms with Crippen LogP contribution in [0.3, 0.4) is 0 Å². The highest BCUT2D eigenvalue weighted by atomic mass is 19.1. The molecule has 4 atom stereocenters. The van der Waals surface area contributed by atoms with Gasteiger partial charge in [0, 0.05) is 18.2 Å². The van der Waals surface area contributed by atoms with Crippen LogP contribution in [0.1, 0.15) is 158 Å². The number of nitrogens with one attached hydrogen (secondary N) is 4. The number of carbonyl (C=O) groups is 4. The third-order valence-corrected chi connectivity index (χ3v) is 16.0. The van der Waals surface area contributed by atoms with Gasteiger partial charge in [0.1, 0.15) is 40.3 Å². The fraction of sp³-hybridized carbons (Fsp3) is 0.257. The van der Waals surface area contributed by atoms with E-state index in [9.17, 15) is 44.0 Å². The van der Waals surface area contributed by atoms with Gasteiger partial charge in [0.25, 0.3) is 23.6 Å². The Morgan fingerprint density at radius 1 is 0.376 bits per heavy atom. The molecule has 4 amide bonds. The molecule has 0 aliphatic heterocycles. The number of carbonyl (C=O) groups excluding carboxylic acids is 4. The first kappa shape index (κ1) is 60.0. The van der Waals surface area contributed by atoms with Gasteiger partial charge in [0.2, 0.25) is 0 Å². The number of methoxy groups -OCH3 is 2. The number of hydrogen-bond acceptors (Lipinski definition) is 10. The molecule has 8 N–H and O–H groups in total. The number of rotatable bonds is 10. The van der Waals surface area contributed by atoms with E-state index in [0.29, 0.717) is 17.1 Å². The van der Waals surface area contributed by atoms with Crippen LogP contribution >= 0.6 is 0 Å². The third-order valence-electron chi connectivity index (χ3n) is 16.0. The number of phenols is 4. The molecule has 8 aromatic rings. The minimum atomic E-state index is -0.564. The van der Waals surface area contributed by atoms with Gasteiger partial charge in [-0.3, -0.25) is 19.2 Å². The standard InChI is InChI=1S/2C18H19NO3.C17H16FNO2.C17H17NO2/c2*1-11-3-6-14-12(9-11)4-8-16(14)19-18(21)15-7-5-13(22-2)10-17(15)20;1-10-2-5-13-11(8-10)3-7-15(13)19-17(21)14-6-4-12(18)9-16(14)20;1-11-6-8-13-12(10-11)7-9-15(13)18-17(20)14-4-2-3-5-16(14)19/h2*3,5-7,9-10,16,20H,4,8H2,1-2H3,(H,19,21);2,4-6,8-9,15,20H,3,7H2,1H3,(H,19,21);2-6,8,10,15,19H,7,9H2,1H3,(H,18,20)/t2*16-;2*15-/m1011/s1. The number of ether oxygens (including phenoxy) is 2. The second-order valence-corrected chi connectivity index (χ2v) is 22.0. The molecule has 0 aromatic heterocycles. The summed E-state index contributed by atoms with van der Waals surface area (Å²) < 4.78 is 23.0. The summed E-state index contributed by atoms with van der Waals surface area (Å²) in [5.74, 6) is -1.11. The SMILES string of the molecule is COc1ccc(C(=O)N[C@@H]2CCc3cc(C)ccc32)c(O)c1.COc1ccc(C(=O)N[C@H]2CCc3cc(C)ccc32)c(O)c1.Cc1ccc2c(c1)CC[C@H]2NC(=O)c1ccc(F)cc1O.Cc1ccc2c(c1)CC[C@H]2NC(=O)c1ccccc1O. The van der Waals surface area contributed by atoms with E-state index in [1.165, 1.54) is 106 Å². The first-order valence-electron chi connectivity index (χ1n) is 28.5. The van der Waals surface area contributed by atoms with Crippen LogP contribution in [0.4, 0.5) is 4.39 Å². The van der Waals surface area contributed by atoms with Crippen LogP contribution in [0.15, 0.2) is 152 Å². The second-order valence-electron chi connectivity index (χ2n) is 22.0. The topological polar surface area (TPSA) is 216 Å². The summed E-state index contributed by atoms with van der Waals surface area (Å²) in [5, 5.41) is 51.2. The molecule has 0 bridgehead atoms. The Labute approximate surface area is 494 Å². The fourth-order valence-corrected chi connectivity index (χ4v) is 11.6. The van der Waals surface area contributed by atoms with Crippen LogP contribution in [0, 0.1) is 33.5 Å². The molecule has 15 heteroatoms. The Morgan fingerprint density at radius 2 is 0.671 bits per heavy atom. The van der Waals surface area contributed by atoms with Crippen molar-refractivity contribution < 1.29 is 53.5 Å². The predicted octanol–water partition coefficient (Wildman–Crippen LogP) is 12.6. The molecule has 438 valence electrons. The summed E-state index contributed by atoms with van der Waals surface area (Å²) in [4.78, 5) is 49.2. The van der Waals surface area contributed by atoms with Crippen molar-refractivity contribution in [1.82, 2.24) is 21.3 Å². The van der Waals surface area contributed by atoms with E-state index in [4.69, 9.17) is 9.47 Å². The predicted molar refractivity (Wildman–Crippen MR) is 324 cm³/mol. The van der Waals surface area contributed by atoms with Gasteiger partial charge in [0.05, 0.1) is 60.6 Å². The van der Waals surface area contributed by atoms with Crippen molar-refractivity contribution in [2.45, 2.75) is 103 Å². The molecule has 0 heterocycles. The normalized spacial score (nSPS) is 16.4. The van der Waals surface area contributed by atoms with Crippen LogP contribution in [0.25, 0.3) is 0 Å². The first-order chi connectivity index (χ1) is 40.8. The summed E-state index contributed by atoms with van der Waals surface area (Å²) in [6, 6.07) is 44.6. The molecule has 4 aliphatic carbocycles. The molecule has 14 nitrogen and oxygen atoms in total. The van der Waals surface area contributed by atoms with Gasteiger partial charge in [-0.2, -0.15) is 0 Å². The van der Waals surface area contributed by atoms with Crippen molar-refractivity contribution in [1.29, 1.82) is 0 Å². The Hall–Kier alpha value is -9.63. The Morgan fingerprint density at radius 3 is 0.965 bits per heavy atom. The highest BCUT2D eigenvalue weighted by molar-refractivity contribution is 5.99. The van der Waals surface area contributed by atoms with Crippen LogP contribution < -0.4 is 30.7 Å². The third kappa shape index (κ3) is 14.4. The molecule has 85 heavy (non-hydrogen) atoms. The van der Waals surface area contributed by atoms with E-state index < -0.39 is 5.82 Å². The lowest BCUT2D eigenvalue weighted by molar-refractivity contribution is 0.0925. The number of halogens is 1. The summed E-state index contributed by atoms with van der Waals surface area (Å²) in [7, 11) is 3.04. The number of para-hydroxylation sites is 1. The minimum absolute atomic E-state index is 0.00426. The summed E-state index contributed by atoms with van der Waals surface area (Å²) in [6.07, 6.45) is 7.39. The monoisotopic (exact) mass is 1150 g/mol.